The normalized spacial score (nSPS) is 30.3. The fraction of sp³-hybridized carbons (Fsp3) is 0.500. The van der Waals surface area contributed by atoms with Crippen molar-refractivity contribution in [1.82, 2.24) is 14.5 Å². The predicted molar refractivity (Wildman–Crippen MR) is 102 cm³/mol. The summed E-state index contributed by atoms with van der Waals surface area (Å²) in [5.74, 6) is 0.149. The first-order valence-corrected chi connectivity index (χ1v) is 13.0. The molecule has 2 aromatic rings. The fourth-order valence-corrected chi connectivity index (χ4v) is 6.06. The molecule has 3 rings (SSSR count). The predicted octanol–water partition coefficient (Wildman–Crippen LogP) is -0.634. The summed E-state index contributed by atoms with van der Waals surface area (Å²) in [6.07, 6.45) is -1.82. The largest absolute Gasteiger partial charge is 0.490 e. The van der Waals surface area contributed by atoms with E-state index in [1.165, 1.54) is 30.1 Å². The molecule has 2 aromatic heterocycles. The number of nitrogens with two attached hydrogens (primary N) is 1. The minimum absolute atomic E-state index is 0.149. The van der Waals surface area contributed by atoms with Crippen LogP contribution in [0, 0.1) is 0 Å². The molecule has 32 heavy (non-hydrogen) atoms. The molecule has 180 valence electrons. The SMILES string of the molecule is C[C@@]1(O)C(O)[C@@H](COP(=O)(O)OP(=O)(O)OP(=O)(O)O)O[C@H]1n1ccc2c(N)ncnc21. The highest BCUT2D eigenvalue weighted by atomic mass is 31.3. The van der Waals surface area contributed by atoms with Gasteiger partial charge < -0.3 is 44.8 Å². The van der Waals surface area contributed by atoms with Gasteiger partial charge in [-0.25, -0.2) is 23.7 Å². The lowest BCUT2D eigenvalue weighted by molar-refractivity contribution is -0.0947. The lowest BCUT2D eigenvalue weighted by Crippen LogP contribution is -2.44. The zero-order chi connectivity index (χ0) is 24.1. The Balaban J connectivity index is 1.74. The first-order chi connectivity index (χ1) is 14.5. The summed E-state index contributed by atoms with van der Waals surface area (Å²) >= 11 is 0. The number of nitrogen functional groups attached to an aromatic ring is 1. The summed E-state index contributed by atoms with van der Waals surface area (Å²) in [7, 11) is -16.7. The fourth-order valence-electron chi connectivity index (χ4n) is 3.03. The van der Waals surface area contributed by atoms with Crippen LogP contribution in [0.15, 0.2) is 18.6 Å². The highest BCUT2D eigenvalue weighted by Crippen LogP contribution is 2.66. The number of fused-ring (bicyclic) bond motifs is 1. The van der Waals surface area contributed by atoms with E-state index < -0.39 is 54.1 Å². The zero-order valence-electron chi connectivity index (χ0n) is 16.0. The van der Waals surface area contributed by atoms with Crippen LogP contribution in [0.2, 0.25) is 0 Å². The van der Waals surface area contributed by atoms with Gasteiger partial charge in [-0.2, -0.15) is 8.62 Å². The topological polar surface area (TPSA) is 266 Å². The molecule has 8 N–H and O–H groups in total. The molecule has 0 aliphatic carbocycles. The first-order valence-electron chi connectivity index (χ1n) is 8.44. The summed E-state index contributed by atoms with van der Waals surface area (Å²) in [5, 5.41) is 21.6. The number of aliphatic hydroxyl groups excluding tert-OH is 1. The van der Waals surface area contributed by atoms with Crippen molar-refractivity contribution in [2.24, 2.45) is 0 Å². The number of aromatic nitrogens is 3. The molecular weight excluding hydrogens is 501 g/mol. The number of aliphatic hydroxyl groups is 2. The average molecular weight is 520 g/mol. The van der Waals surface area contributed by atoms with Gasteiger partial charge in [-0.05, 0) is 13.0 Å². The molecule has 0 radical (unpaired) electrons. The van der Waals surface area contributed by atoms with E-state index in [0.29, 0.717) is 5.39 Å². The Morgan fingerprint density at radius 2 is 1.84 bits per heavy atom. The Kier molecular flexibility index (Phi) is 6.72. The molecular formula is C12H19N4O13P3. The van der Waals surface area contributed by atoms with E-state index in [9.17, 15) is 28.8 Å². The third-order valence-corrected chi connectivity index (χ3v) is 8.17. The minimum Gasteiger partial charge on any atom is -0.387 e. The van der Waals surface area contributed by atoms with Crippen LogP contribution in [-0.4, -0.2) is 68.7 Å². The van der Waals surface area contributed by atoms with Gasteiger partial charge in [0.2, 0.25) is 0 Å². The van der Waals surface area contributed by atoms with Gasteiger partial charge in [0.1, 0.15) is 35.6 Å². The van der Waals surface area contributed by atoms with Crippen molar-refractivity contribution in [3.05, 3.63) is 18.6 Å². The van der Waals surface area contributed by atoms with Gasteiger partial charge in [-0.3, -0.25) is 4.52 Å². The van der Waals surface area contributed by atoms with Gasteiger partial charge in [-0.15, -0.1) is 0 Å². The number of hydrogen-bond donors (Lipinski definition) is 7. The van der Waals surface area contributed by atoms with Crippen molar-refractivity contribution in [3.8, 4) is 0 Å². The van der Waals surface area contributed by atoms with Gasteiger partial charge in [0.15, 0.2) is 6.23 Å². The molecule has 0 aromatic carbocycles. The smallest absolute Gasteiger partial charge is 0.387 e. The number of phosphoric ester groups is 1. The highest BCUT2D eigenvalue weighted by Gasteiger charge is 2.54. The Morgan fingerprint density at radius 1 is 1.19 bits per heavy atom. The maximum Gasteiger partial charge on any atom is 0.490 e. The van der Waals surface area contributed by atoms with E-state index >= 15 is 0 Å². The standard InChI is InChI=1S/C12H19N4O13P3/c1-12(18)8(17)7(4-26-31(22,23)29-32(24,25)28-30(19,20)21)27-11(12)16-3-2-6-9(13)14-5-15-10(6)16/h2-3,5,7-8,11,17-18H,4H2,1H3,(H,22,23)(H,24,25)(H2,13,14,15)(H2,19,20,21)/t7-,8?,11-,12-/m1/s1. The Labute approximate surface area is 178 Å². The maximum atomic E-state index is 11.9. The second kappa shape index (κ2) is 8.49. The molecule has 0 bridgehead atoms. The Morgan fingerprint density at radius 3 is 2.47 bits per heavy atom. The molecule has 0 amide bonds. The van der Waals surface area contributed by atoms with Gasteiger partial charge in [0.05, 0.1) is 12.0 Å². The molecule has 1 aliphatic heterocycles. The van der Waals surface area contributed by atoms with Crippen molar-refractivity contribution in [2.45, 2.75) is 31.0 Å². The summed E-state index contributed by atoms with van der Waals surface area (Å²) in [6.45, 7) is 0.261. The van der Waals surface area contributed by atoms with Crippen LogP contribution < -0.4 is 5.73 Å². The molecule has 17 nitrogen and oxygen atoms in total. The van der Waals surface area contributed by atoms with E-state index in [1.807, 2.05) is 0 Å². The number of anilines is 1. The zero-order valence-corrected chi connectivity index (χ0v) is 18.7. The second-order valence-corrected chi connectivity index (χ2v) is 11.2. The molecule has 20 heteroatoms. The van der Waals surface area contributed by atoms with Crippen LogP contribution in [0.1, 0.15) is 13.2 Å². The molecule has 1 fully saturated rings. The number of ether oxygens (including phenoxy) is 1. The van der Waals surface area contributed by atoms with E-state index in [0.717, 1.165) is 0 Å². The van der Waals surface area contributed by atoms with E-state index in [-0.39, 0.29) is 11.5 Å². The van der Waals surface area contributed by atoms with Crippen molar-refractivity contribution in [1.29, 1.82) is 0 Å². The molecule has 3 unspecified atom stereocenters. The van der Waals surface area contributed by atoms with Gasteiger partial charge in [-0.1, -0.05) is 0 Å². The monoisotopic (exact) mass is 520 g/mol. The van der Waals surface area contributed by atoms with Crippen LogP contribution >= 0.6 is 23.5 Å². The van der Waals surface area contributed by atoms with Crippen molar-refractivity contribution >= 4 is 40.3 Å². The second-order valence-electron chi connectivity index (χ2n) is 6.80. The van der Waals surface area contributed by atoms with E-state index in [1.54, 1.807) is 0 Å². The summed E-state index contributed by atoms with van der Waals surface area (Å²) in [4.78, 5) is 43.6. The lowest BCUT2D eigenvalue weighted by atomic mass is 9.96. The summed E-state index contributed by atoms with van der Waals surface area (Å²) in [6, 6.07) is 1.54. The molecule has 3 heterocycles. The quantitative estimate of drug-likeness (QED) is 0.213. The van der Waals surface area contributed by atoms with Crippen molar-refractivity contribution in [3.63, 3.8) is 0 Å². The molecule has 0 saturated carbocycles. The number of nitrogens with zero attached hydrogens (tertiary/aromatic N) is 3. The third kappa shape index (κ3) is 5.43. The lowest BCUT2D eigenvalue weighted by Gasteiger charge is -2.27. The van der Waals surface area contributed by atoms with Crippen LogP contribution in [-0.2, 0) is 31.6 Å². The Hall–Kier alpha value is -1.29. The summed E-state index contributed by atoms with van der Waals surface area (Å²) < 4.78 is 52.5. The van der Waals surface area contributed by atoms with Gasteiger partial charge in [0, 0.05) is 6.20 Å². The maximum absolute atomic E-state index is 11.9. The van der Waals surface area contributed by atoms with Crippen LogP contribution in [0.3, 0.4) is 0 Å². The number of rotatable bonds is 8. The number of phosphoric acid groups is 3. The molecule has 1 aliphatic rings. The highest BCUT2D eigenvalue weighted by molar-refractivity contribution is 7.66. The van der Waals surface area contributed by atoms with Crippen molar-refractivity contribution < 1.29 is 61.4 Å². The first kappa shape index (κ1) is 25.3. The van der Waals surface area contributed by atoms with Crippen LogP contribution in [0.25, 0.3) is 11.0 Å². The summed E-state index contributed by atoms with van der Waals surface area (Å²) in [5.41, 5.74) is 4.04. The molecule has 0 spiro atoms. The molecule has 1 saturated heterocycles. The van der Waals surface area contributed by atoms with E-state index in [4.69, 9.17) is 25.2 Å². The minimum atomic E-state index is -5.71. The van der Waals surface area contributed by atoms with Gasteiger partial charge >= 0.3 is 23.5 Å². The van der Waals surface area contributed by atoms with Crippen molar-refractivity contribution in [2.75, 3.05) is 12.3 Å². The van der Waals surface area contributed by atoms with E-state index in [2.05, 4.69) is 23.1 Å². The molecule has 6 atom stereocenters. The van der Waals surface area contributed by atoms with Crippen LogP contribution in [0.5, 0.6) is 0 Å². The average Bonchev–Trinajstić information content (AvgIpc) is 3.11. The third-order valence-electron chi connectivity index (χ3n) is 4.37. The Bertz CT molecular complexity index is 1150. The van der Waals surface area contributed by atoms with Crippen LogP contribution in [0.4, 0.5) is 5.82 Å². The number of hydrogen-bond acceptors (Lipinski definition) is 12. The van der Waals surface area contributed by atoms with Gasteiger partial charge in [0.25, 0.3) is 0 Å².